The number of methoxy groups -OCH3 is 1. The van der Waals surface area contributed by atoms with Gasteiger partial charge in [-0.05, 0) is 67.8 Å². The Bertz CT molecular complexity index is 1060. The molecule has 1 aromatic heterocycles. The number of carbonyl (C=O) groups excluding carboxylic acids is 1. The Morgan fingerprint density at radius 2 is 1.90 bits per heavy atom. The van der Waals surface area contributed by atoms with Gasteiger partial charge in [0.25, 0.3) is 0 Å². The zero-order valence-corrected chi connectivity index (χ0v) is 17.7. The van der Waals surface area contributed by atoms with E-state index in [-0.39, 0.29) is 5.91 Å². The van der Waals surface area contributed by atoms with Crippen molar-refractivity contribution in [2.45, 2.75) is 33.2 Å². The van der Waals surface area contributed by atoms with E-state index in [2.05, 4.69) is 11.2 Å². The molecule has 0 N–H and O–H groups in total. The molecule has 0 radical (unpaired) electrons. The molecule has 6 heteroatoms. The highest BCUT2D eigenvalue weighted by Gasteiger charge is 2.24. The van der Waals surface area contributed by atoms with Gasteiger partial charge in [-0.3, -0.25) is 4.79 Å². The summed E-state index contributed by atoms with van der Waals surface area (Å²) in [6.07, 6.45) is 1.22. The summed E-state index contributed by atoms with van der Waals surface area (Å²) >= 11 is 6.00. The highest BCUT2D eigenvalue weighted by molar-refractivity contribution is 6.30. The second-order valence-electron chi connectivity index (χ2n) is 7.41. The largest absolute Gasteiger partial charge is 0.497 e. The molecule has 29 heavy (non-hydrogen) atoms. The zero-order valence-electron chi connectivity index (χ0n) is 16.9. The summed E-state index contributed by atoms with van der Waals surface area (Å²) in [5, 5.41) is 5.34. The van der Waals surface area contributed by atoms with Gasteiger partial charge >= 0.3 is 0 Å². The molecular weight excluding hydrogens is 386 g/mol. The van der Waals surface area contributed by atoms with Crippen LogP contribution < -0.4 is 4.74 Å². The van der Waals surface area contributed by atoms with E-state index in [1.807, 2.05) is 59.8 Å². The van der Waals surface area contributed by atoms with Crippen molar-refractivity contribution in [1.82, 2.24) is 14.7 Å². The Labute approximate surface area is 175 Å². The number of ether oxygens (including phenoxy) is 1. The standard InChI is InChI=1S/C23H24ClN3O2/c1-15-22(16(2)27(25-15)20-7-5-19(24)6-8-20)13-23(28)26-11-10-17-4-9-21(29-3)12-18(17)14-26/h4-9,12H,10-11,13-14H2,1-3H3. The van der Waals surface area contributed by atoms with Gasteiger partial charge in [0, 0.05) is 29.4 Å². The Balaban J connectivity index is 1.53. The molecule has 3 aromatic rings. The molecule has 0 saturated heterocycles. The average Bonchev–Trinajstić information content (AvgIpc) is 3.01. The van der Waals surface area contributed by atoms with Crippen LogP contribution >= 0.6 is 11.6 Å². The topological polar surface area (TPSA) is 47.4 Å². The third-order valence-corrected chi connectivity index (χ3v) is 5.87. The lowest BCUT2D eigenvalue weighted by Gasteiger charge is -2.29. The summed E-state index contributed by atoms with van der Waals surface area (Å²) in [7, 11) is 1.66. The fourth-order valence-corrected chi connectivity index (χ4v) is 4.03. The van der Waals surface area contributed by atoms with Crippen LogP contribution in [0, 0.1) is 13.8 Å². The molecule has 0 aliphatic carbocycles. The molecule has 0 spiro atoms. The summed E-state index contributed by atoms with van der Waals surface area (Å²) < 4.78 is 7.21. The van der Waals surface area contributed by atoms with Gasteiger partial charge in [-0.1, -0.05) is 17.7 Å². The van der Waals surface area contributed by atoms with Crippen LogP contribution in [0.2, 0.25) is 5.02 Å². The van der Waals surface area contributed by atoms with E-state index in [4.69, 9.17) is 16.3 Å². The van der Waals surface area contributed by atoms with Crippen LogP contribution in [0.25, 0.3) is 5.69 Å². The maximum Gasteiger partial charge on any atom is 0.227 e. The van der Waals surface area contributed by atoms with Crippen molar-refractivity contribution < 1.29 is 9.53 Å². The van der Waals surface area contributed by atoms with Gasteiger partial charge < -0.3 is 9.64 Å². The number of amides is 1. The second kappa shape index (κ2) is 7.91. The minimum atomic E-state index is 0.125. The summed E-state index contributed by atoms with van der Waals surface area (Å²) in [6, 6.07) is 13.7. The second-order valence-corrected chi connectivity index (χ2v) is 7.85. The van der Waals surface area contributed by atoms with E-state index in [9.17, 15) is 4.79 Å². The van der Waals surface area contributed by atoms with Gasteiger partial charge in [-0.25, -0.2) is 4.68 Å². The first-order valence-electron chi connectivity index (χ1n) is 9.71. The molecule has 1 amide bonds. The monoisotopic (exact) mass is 409 g/mol. The van der Waals surface area contributed by atoms with Gasteiger partial charge in [0.2, 0.25) is 5.91 Å². The average molecular weight is 410 g/mol. The van der Waals surface area contributed by atoms with E-state index in [0.717, 1.165) is 46.9 Å². The number of aryl methyl sites for hydroxylation is 1. The Kier molecular flexibility index (Phi) is 5.33. The molecule has 0 bridgehead atoms. The number of hydrogen-bond donors (Lipinski definition) is 0. The summed E-state index contributed by atoms with van der Waals surface area (Å²) in [5.74, 6) is 0.953. The molecule has 2 aromatic carbocycles. The lowest BCUT2D eigenvalue weighted by atomic mass is 9.98. The number of carbonyl (C=O) groups is 1. The lowest BCUT2D eigenvalue weighted by molar-refractivity contribution is -0.131. The molecule has 0 unspecified atom stereocenters. The predicted octanol–water partition coefficient (Wildman–Crippen LogP) is 4.28. The first-order chi connectivity index (χ1) is 14.0. The van der Waals surface area contributed by atoms with Crippen molar-refractivity contribution in [3.63, 3.8) is 0 Å². The smallest absolute Gasteiger partial charge is 0.227 e. The van der Waals surface area contributed by atoms with E-state index < -0.39 is 0 Å². The number of hydrogen-bond acceptors (Lipinski definition) is 3. The number of halogens is 1. The van der Waals surface area contributed by atoms with Gasteiger partial charge in [0.05, 0.1) is 24.9 Å². The van der Waals surface area contributed by atoms with Crippen LogP contribution in [0.5, 0.6) is 5.75 Å². The predicted molar refractivity (Wildman–Crippen MR) is 114 cm³/mol. The van der Waals surface area contributed by atoms with E-state index in [1.54, 1.807) is 7.11 Å². The number of aromatic nitrogens is 2. The molecule has 4 rings (SSSR count). The molecule has 150 valence electrons. The van der Waals surface area contributed by atoms with Crippen LogP contribution in [0.1, 0.15) is 28.1 Å². The van der Waals surface area contributed by atoms with Crippen LogP contribution in [0.3, 0.4) is 0 Å². The first kappa shape index (κ1) is 19.5. The first-order valence-corrected chi connectivity index (χ1v) is 10.1. The normalized spacial score (nSPS) is 13.3. The molecule has 1 aliphatic heterocycles. The summed E-state index contributed by atoms with van der Waals surface area (Å²) in [6.45, 7) is 5.32. The third-order valence-electron chi connectivity index (χ3n) is 5.62. The van der Waals surface area contributed by atoms with Crippen molar-refractivity contribution in [1.29, 1.82) is 0 Å². The third kappa shape index (κ3) is 3.87. The summed E-state index contributed by atoms with van der Waals surface area (Å²) in [5.41, 5.74) is 6.24. The van der Waals surface area contributed by atoms with Crippen LogP contribution in [-0.2, 0) is 24.2 Å². The van der Waals surface area contributed by atoms with Crippen LogP contribution in [-0.4, -0.2) is 34.2 Å². The number of nitrogens with zero attached hydrogens (tertiary/aromatic N) is 3. The highest BCUT2D eigenvalue weighted by atomic mass is 35.5. The Morgan fingerprint density at radius 1 is 1.14 bits per heavy atom. The van der Waals surface area contributed by atoms with Gasteiger partial charge in [-0.2, -0.15) is 5.10 Å². The molecule has 0 atom stereocenters. The van der Waals surface area contributed by atoms with Gasteiger partial charge in [0.1, 0.15) is 5.75 Å². The molecule has 0 fully saturated rings. The quantitative estimate of drug-likeness (QED) is 0.646. The van der Waals surface area contributed by atoms with Gasteiger partial charge in [0.15, 0.2) is 0 Å². The SMILES string of the molecule is COc1ccc2c(c1)CN(C(=O)Cc1c(C)nn(-c3ccc(Cl)cc3)c1C)CC2. The minimum Gasteiger partial charge on any atom is -0.497 e. The lowest BCUT2D eigenvalue weighted by Crippen LogP contribution is -2.37. The highest BCUT2D eigenvalue weighted by Crippen LogP contribution is 2.25. The molecule has 2 heterocycles. The number of benzene rings is 2. The van der Waals surface area contributed by atoms with Crippen molar-refractivity contribution in [2.75, 3.05) is 13.7 Å². The van der Waals surface area contributed by atoms with Crippen LogP contribution in [0.15, 0.2) is 42.5 Å². The van der Waals surface area contributed by atoms with Crippen molar-refractivity contribution in [3.8, 4) is 11.4 Å². The van der Waals surface area contributed by atoms with E-state index >= 15 is 0 Å². The molecule has 0 saturated carbocycles. The van der Waals surface area contributed by atoms with E-state index in [0.29, 0.717) is 18.0 Å². The molecular formula is C23H24ClN3O2. The fourth-order valence-electron chi connectivity index (χ4n) is 3.90. The van der Waals surface area contributed by atoms with E-state index in [1.165, 1.54) is 5.56 Å². The number of rotatable bonds is 4. The Morgan fingerprint density at radius 3 is 2.62 bits per heavy atom. The molecule has 5 nitrogen and oxygen atoms in total. The fraction of sp³-hybridized carbons (Fsp3) is 0.304. The van der Waals surface area contributed by atoms with Crippen LogP contribution in [0.4, 0.5) is 0 Å². The minimum absolute atomic E-state index is 0.125. The Hall–Kier alpha value is -2.79. The van der Waals surface area contributed by atoms with Crippen molar-refractivity contribution in [3.05, 3.63) is 75.6 Å². The van der Waals surface area contributed by atoms with Crippen molar-refractivity contribution >= 4 is 17.5 Å². The van der Waals surface area contributed by atoms with Crippen molar-refractivity contribution in [2.24, 2.45) is 0 Å². The zero-order chi connectivity index (χ0) is 20.5. The maximum absolute atomic E-state index is 13.1. The molecule has 1 aliphatic rings. The number of fused-ring (bicyclic) bond motifs is 1. The summed E-state index contributed by atoms with van der Waals surface area (Å²) in [4.78, 5) is 15.0. The maximum atomic E-state index is 13.1. The van der Waals surface area contributed by atoms with Gasteiger partial charge in [-0.15, -0.1) is 0 Å².